The van der Waals surface area contributed by atoms with Gasteiger partial charge in [-0.1, -0.05) is 24.3 Å². The van der Waals surface area contributed by atoms with Crippen LogP contribution in [0.5, 0.6) is 5.75 Å². The molecule has 2 aromatic carbocycles. The van der Waals surface area contributed by atoms with Gasteiger partial charge in [0.2, 0.25) is 10.0 Å². The van der Waals surface area contributed by atoms with Gasteiger partial charge in [0.05, 0.1) is 11.2 Å². The average molecular weight is 411 g/mol. The first-order valence-corrected chi connectivity index (χ1v) is 9.59. The van der Waals surface area contributed by atoms with Gasteiger partial charge in [-0.05, 0) is 35.4 Å². The van der Waals surface area contributed by atoms with Gasteiger partial charge in [-0.3, -0.25) is 0 Å². The first-order valence-electron chi connectivity index (χ1n) is 8.10. The lowest BCUT2D eigenvalue weighted by Crippen LogP contribution is -2.23. The number of halogens is 3. The van der Waals surface area contributed by atoms with Crippen molar-refractivity contribution in [3.63, 3.8) is 0 Å². The second-order valence-corrected chi connectivity index (χ2v) is 7.66. The first kappa shape index (κ1) is 19.9. The highest BCUT2D eigenvalue weighted by atomic mass is 32.2. The quantitative estimate of drug-likeness (QED) is 0.648. The maximum atomic E-state index is 12.3. The number of aromatic nitrogens is 2. The van der Waals surface area contributed by atoms with Crippen molar-refractivity contribution in [2.75, 3.05) is 0 Å². The fourth-order valence-corrected chi connectivity index (χ4v) is 3.45. The van der Waals surface area contributed by atoms with E-state index < -0.39 is 22.1 Å². The van der Waals surface area contributed by atoms with Gasteiger partial charge in [0.25, 0.3) is 0 Å². The second kappa shape index (κ2) is 8.03. The summed E-state index contributed by atoms with van der Waals surface area (Å²) in [7, 11) is -3.87. The Morgan fingerprint density at radius 3 is 2.21 bits per heavy atom. The Labute approximate surface area is 159 Å². The Morgan fingerprint density at radius 2 is 1.64 bits per heavy atom. The predicted octanol–water partition coefficient (Wildman–Crippen LogP) is 3.31. The fourth-order valence-electron chi connectivity index (χ4n) is 2.44. The molecule has 0 aliphatic carbocycles. The van der Waals surface area contributed by atoms with Crippen LogP contribution in [-0.2, 0) is 23.1 Å². The highest BCUT2D eigenvalue weighted by Gasteiger charge is 2.31. The standard InChI is InChI=1S/C18H16F3N3O3S/c19-18(20,21)27-16-5-7-17(8-6-16)28(25,26)23-11-14-1-3-15(4-2-14)12-24-10-9-22-13-24/h1-10,13,23H,11-12H2. The highest BCUT2D eigenvalue weighted by molar-refractivity contribution is 7.89. The van der Waals surface area contributed by atoms with Gasteiger partial charge >= 0.3 is 6.36 Å². The van der Waals surface area contributed by atoms with E-state index in [1.54, 1.807) is 24.7 Å². The molecule has 3 aromatic rings. The zero-order chi connectivity index (χ0) is 20.2. The van der Waals surface area contributed by atoms with Crippen LogP contribution in [0.1, 0.15) is 11.1 Å². The summed E-state index contributed by atoms with van der Waals surface area (Å²) in [6.45, 7) is 0.701. The Hall–Kier alpha value is -2.85. The molecule has 0 saturated carbocycles. The van der Waals surface area contributed by atoms with E-state index in [1.165, 1.54) is 0 Å². The summed E-state index contributed by atoms with van der Waals surface area (Å²) in [5.41, 5.74) is 1.78. The predicted molar refractivity (Wildman–Crippen MR) is 94.9 cm³/mol. The van der Waals surface area contributed by atoms with E-state index in [-0.39, 0.29) is 11.4 Å². The molecule has 0 spiro atoms. The number of benzene rings is 2. The summed E-state index contributed by atoms with van der Waals surface area (Å²) < 4.78 is 69.1. The number of nitrogens with one attached hydrogen (secondary N) is 1. The number of hydrogen-bond acceptors (Lipinski definition) is 4. The molecule has 0 aliphatic rings. The van der Waals surface area contributed by atoms with Crippen molar-refractivity contribution in [1.29, 1.82) is 0 Å². The zero-order valence-corrected chi connectivity index (χ0v) is 15.2. The smallest absolute Gasteiger partial charge is 0.406 e. The van der Waals surface area contributed by atoms with Gasteiger partial charge in [0, 0.05) is 25.5 Å². The van der Waals surface area contributed by atoms with Crippen LogP contribution in [0.4, 0.5) is 13.2 Å². The minimum atomic E-state index is -4.83. The van der Waals surface area contributed by atoms with E-state index in [4.69, 9.17) is 0 Å². The van der Waals surface area contributed by atoms with Gasteiger partial charge < -0.3 is 9.30 Å². The van der Waals surface area contributed by atoms with Gasteiger partial charge in [-0.15, -0.1) is 13.2 Å². The fraction of sp³-hybridized carbons (Fsp3) is 0.167. The lowest BCUT2D eigenvalue weighted by atomic mass is 10.1. The molecule has 0 fully saturated rings. The van der Waals surface area contributed by atoms with Crippen molar-refractivity contribution in [1.82, 2.24) is 14.3 Å². The third-order valence-corrected chi connectivity index (χ3v) is 5.20. The molecular weight excluding hydrogens is 395 g/mol. The van der Waals surface area contributed by atoms with Crippen LogP contribution in [0.25, 0.3) is 0 Å². The second-order valence-electron chi connectivity index (χ2n) is 5.90. The number of alkyl halides is 3. The molecule has 0 atom stereocenters. The summed E-state index contributed by atoms with van der Waals surface area (Å²) in [6, 6.07) is 11.4. The van der Waals surface area contributed by atoms with E-state index >= 15 is 0 Å². The average Bonchev–Trinajstić information content (AvgIpc) is 3.13. The van der Waals surface area contributed by atoms with Crippen LogP contribution >= 0.6 is 0 Å². The molecule has 0 saturated heterocycles. The van der Waals surface area contributed by atoms with Crippen molar-refractivity contribution in [3.05, 3.63) is 78.4 Å². The topological polar surface area (TPSA) is 73.2 Å². The summed E-state index contributed by atoms with van der Waals surface area (Å²) in [5.74, 6) is -0.486. The molecule has 148 valence electrons. The van der Waals surface area contributed by atoms with Crippen molar-refractivity contribution < 1.29 is 26.3 Å². The molecule has 1 N–H and O–H groups in total. The first-order chi connectivity index (χ1) is 13.2. The van der Waals surface area contributed by atoms with Crippen molar-refractivity contribution in [3.8, 4) is 5.75 Å². The van der Waals surface area contributed by atoms with Gasteiger partial charge in [0.15, 0.2) is 0 Å². The summed E-state index contributed by atoms with van der Waals surface area (Å²) in [6.07, 6.45) is 0.397. The van der Waals surface area contributed by atoms with Crippen LogP contribution in [0.3, 0.4) is 0 Å². The summed E-state index contributed by atoms with van der Waals surface area (Å²) >= 11 is 0. The van der Waals surface area contributed by atoms with Gasteiger partial charge in [0.1, 0.15) is 5.75 Å². The zero-order valence-electron chi connectivity index (χ0n) is 14.4. The summed E-state index contributed by atoms with van der Waals surface area (Å²) in [4.78, 5) is 3.81. The number of nitrogens with zero attached hydrogens (tertiary/aromatic N) is 2. The van der Waals surface area contributed by atoms with Crippen molar-refractivity contribution in [2.24, 2.45) is 0 Å². The molecule has 0 radical (unpaired) electrons. The van der Waals surface area contributed by atoms with E-state index in [0.29, 0.717) is 6.54 Å². The van der Waals surface area contributed by atoms with Crippen molar-refractivity contribution in [2.45, 2.75) is 24.3 Å². The molecule has 28 heavy (non-hydrogen) atoms. The molecule has 0 bridgehead atoms. The highest BCUT2D eigenvalue weighted by Crippen LogP contribution is 2.23. The van der Waals surface area contributed by atoms with E-state index in [2.05, 4.69) is 14.4 Å². The summed E-state index contributed by atoms with van der Waals surface area (Å²) in [5, 5.41) is 0. The molecule has 3 rings (SSSR count). The molecular formula is C18H16F3N3O3S. The largest absolute Gasteiger partial charge is 0.573 e. The third-order valence-electron chi connectivity index (χ3n) is 3.78. The normalized spacial score (nSPS) is 12.1. The van der Waals surface area contributed by atoms with Crippen LogP contribution in [0.15, 0.2) is 72.1 Å². The monoisotopic (exact) mass is 411 g/mol. The maximum Gasteiger partial charge on any atom is 0.573 e. The Bertz CT molecular complexity index is 1000. The van der Waals surface area contributed by atoms with E-state index in [1.807, 2.05) is 22.9 Å². The van der Waals surface area contributed by atoms with E-state index in [0.717, 1.165) is 35.4 Å². The molecule has 1 aromatic heterocycles. The van der Waals surface area contributed by atoms with Gasteiger partial charge in [-0.25, -0.2) is 18.1 Å². The lowest BCUT2D eigenvalue weighted by molar-refractivity contribution is -0.274. The van der Waals surface area contributed by atoms with Crippen LogP contribution in [0.2, 0.25) is 0 Å². The van der Waals surface area contributed by atoms with Crippen LogP contribution in [0, 0.1) is 0 Å². The molecule has 1 heterocycles. The SMILES string of the molecule is O=S(=O)(NCc1ccc(Cn2ccnc2)cc1)c1ccc(OC(F)(F)F)cc1. The number of rotatable bonds is 7. The molecule has 0 amide bonds. The number of ether oxygens (including phenoxy) is 1. The Balaban J connectivity index is 1.60. The van der Waals surface area contributed by atoms with E-state index in [9.17, 15) is 21.6 Å². The minimum Gasteiger partial charge on any atom is -0.406 e. The maximum absolute atomic E-state index is 12.3. The Kier molecular flexibility index (Phi) is 5.71. The Morgan fingerprint density at radius 1 is 1.00 bits per heavy atom. The molecule has 0 unspecified atom stereocenters. The number of imidazole rings is 1. The molecule has 0 aliphatic heterocycles. The molecule has 6 nitrogen and oxygen atoms in total. The van der Waals surface area contributed by atoms with Crippen LogP contribution < -0.4 is 9.46 Å². The third kappa shape index (κ3) is 5.57. The molecule has 10 heteroatoms. The van der Waals surface area contributed by atoms with Gasteiger partial charge in [-0.2, -0.15) is 0 Å². The van der Waals surface area contributed by atoms with Crippen molar-refractivity contribution >= 4 is 10.0 Å². The number of hydrogen-bond donors (Lipinski definition) is 1. The van der Waals surface area contributed by atoms with Crippen LogP contribution in [-0.4, -0.2) is 24.3 Å². The minimum absolute atomic E-state index is 0.0501. The lowest BCUT2D eigenvalue weighted by Gasteiger charge is -2.10. The number of sulfonamides is 1.